The fourth-order valence-corrected chi connectivity index (χ4v) is 1.07. The van der Waals surface area contributed by atoms with Gasteiger partial charge in [0.15, 0.2) is 6.29 Å². The minimum absolute atomic E-state index is 0.00355. The molecule has 0 unspecified atom stereocenters. The van der Waals surface area contributed by atoms with Gasteiger partial charge >= 0.3 is 0 Å². The molecule has 1 heterocycles. The van der Waals surface area contributed by atoms with Crippen LogP contribution in [0.4, 0.5) is 14.6 Å². The summed E-state index contributed by atoms with van der Waals surface area (Å²) in [5, 5.41) is 0. The molecule has 14 heavy (non-hydrogen) atoms. The van der Waals surface area contributed by atoms with E-state index in [0.717, 1.165) is 6.07 Å². The number of aromatic nitrogens is 1. The van der Waals surface area contributed by atoms with Gasteiger partial charge in [-0.15, -0.1) is 0 Å². The molecule has 0 aliphatic heterocycles. The summed E-state index contributed by atoms with van der Waals surface area (Å²) in [5.41, 5.74) is 10.5. The lowest BCUT2D eigenvalue weighted by atomic mass is 10.1. The monoisotopic (exact) mass is 201 g/mol. The highest BCUT2D eigenvalue weighted by Crippen LogP contribution is 2.22. The number of carbonyl (C=O) groups excluding carboxylic acids is 1. The van der Waals surface area contributed by atoms with Gasteiger partial charge in [-0.3, -0.25) is 4.79 Å². The largest absolute Gasteiger partial charge is 0.383 e. The van der Waals surface area contributed by atoms with Crippen LogP contribution in [-0.4, -0.2) is 11.3 Å². The van der Waals surface area contributed by atoms with Crippen LogP contribution < -0.4 is 11.5 Å². The summed E-state index contributed by atoms with van der Waals surface area (Å²) in [4.78, 5) is 14.0. The molecule has 1 aromatic heterocycles. The number of pyridine rings is 1. The topological polar surface area (TPSA) is 82.0 Å². The molecule has 0 spiro atoms. The normalized spacial score (nSPS) is 10.6. The maximum absolute atomic E-state index is 12.2. The van der Waals surface area contributed by atoms with Crippen LogP contribution in [0.25, 0.3) is 0 Å². The Morgan fingerprint density at radius 1 is 1.57 bits per heavy atom. The van der Waals surface area contributed by atoms with Crippen molar-refractivity contribution in [2.75, 3.05) is 5.73 Å². The third kappa shape index (κ3) is 1.85. The van der Waals surface area contributed by atoms with Gasteiger partial charge in [-0.05, 0) is 6.07 Å². The Balaban J connectivity index is 3.31. The number of anilines is 1. The Morgan fingerprint density at radius 2 is 2.21 bits per heavy atom. The third-order valence-electron chi connectivity index (χ3n) is 1.77. The van der Waals surface area contributed by atoms with Crippen LogP contribution >= 0.6 is 0 Å². The number of halogens is 2. The first-order chi connectivity index (χ1) is 6.60. The highest BCUT2D eigenvalue weighted by molar-refractivity contribution is 5.79. The zero-order valence-corrected chi connectivity index (χ0v) is 7.21. The molecule has 4 N–H and O–H groups in total. The van der Waals surface area contributed by atoms with Gasteiger partial charge in [-0.1, -0.05) is 0 Å². The van der Waals surface area contributed by atoms with Crippen LogP contribution in [0, 0.1) is 0 Å². The van der Waals surface area contributed by atoms with Crippen molar-refractivity contribution in [3.8, 4) is 0 Å². The van der Waals surface area contributed by atoms with E-state index in [1.807, 2.05) is 0 Å². The standard InChI is InChI=1S/C8H9F2N3O/c9-7(10)6-1-4(3-14)5(2-11)8(12)13-6/h1,3,7H,2,11H2,(H2,12,13). The highest BCUT2D eigenvalue weighted by atomic mass is 19.3. The van der Waals surface area contributed by atoms with Crippen LogP contribution in [0.2, 0.25) is 0 Å². The maximum Gasteiger partial charge on any atom is 0.280 e. The predicted octanol–water partition coefficient (Wildman–Crippen LogP) is 0.873. The zero-order chi connectivity index (χ0) is 10.7. The zero-order valence-electron chi connectivity index (χ0n) is 7.21. The summed E-state index contributed by atoms with van der Waals surface area (Å²) in [6, 6.07) is 0.996. The second kappa shape index (κ2) is 4.10. The minimum Gasteiger partial charge on any atom is -0.383 e. The van der Waals surface area contributed by atoms with E-state index in [4.69, 9.17) is 11.5 Å². The Morgan fingerprint density at radius 3 is 2.64 bits per heavy atom. The van der Waals surface area contributed by atoms with Gasteiger partial charge in [-0.2, -0.15) is 0 Å². The van der Waals surface area contributed by atoms with E-state index in [-0.39, 0.29) is 17.9 Å². The van der Waals surface area contributed by atoms with E-state index < -0.39 is 12.1 Å². The molecule has 0 radical (unpaired) electrons. The fraction of sp³-hybridized carbons (Fsp3) is 0.250. The Bertz CT molecular complexity index is 355. The maximum atomic E-state index is 12.2. The SMILES string of the molecule is NCc1c(C=O)cc(C(F)F)nc1N. The summed E-state index contributed by atoms with van der Waals surface area (Å²) < 4.78 is 24.5. The molecule has 76 valence electrons. The first-order valence-electron chi connectivity index (χ1n) is 3.82. The van der Waals surface area contributed by atoms with Crippen molar-refractivity contribution in [2.45, 2.75) is 13.0 Å². The predicted molar refractivity (Wildman–Crippen MR) is 46.9 cm³/mol. The Hall–Kier alpha value is -1.56. The molecule has 0 aromatic carbocycles. The lowest BCUT2D eigenvalue weighted by molar-refractivity contribution is 0.112. The van der Waals surface area contributed by atoms with E-state index in [0.29, 0.717) is 11.8 Å². The second-order valence-electron chi connectivity index (χ2n) is 2.62. The number of hydrogen-bond donors (Lipinski definition) is 2. The van der Waals surface area contributed by atoms with Crippen LogP contribution in [0.1, 0.15) is 28.0 Å². The van der Waals surface area contributed by atoms with E-state index in [2.05, 4.69) is 4.98 Å². The third-order valence-corrected chi connectivity index (χ3v) is 1.77. The molecule has 0 fully saturated rings. The van der Waals surface area contributed by atoms with Gasteiger partial charge in [-0.25, -0.2) is 13.8 Å². The molecule has 0 saturated carbocycles. The minimum atomic E-state index is -2.75. The molecular weight excluding hydrogens is 192 g/mol. The van der Waals surface area contributed by atoms with Gasteiger partial charge in [0.25, 0.3) is 6.43 Å². The van der Waals surface area contributed by atoms with Crippen LogP contribution in [0.15, 0.2) is 6.07 Å². The van der Waals surface area contributed by atoms with Crippen LogP contribution in [-0.2, 0) is 6.54 Å². The highest BCUT2D eigenvalue weighted by Gasteiger charge is 2.14. The van der Waals surface area contributed by atoms with Gasteiger partial charge in [0.05, 0.1) is 0 Å². The fourth-order valence-electron chi connectivity index (χ4n) is 1.07. The molecule has 1 aromatic rings. The molecular formula is C8H9F2N3O. The van der Waals surface area contributed by atoms with Gasteiger partial charge in [0.1, 0.15) is 11.5 Å². The first-order valence-corrected chi connectivity index (χ1v) is 3.82. The van der Waals surface area contributed by atoms with Crippen molar-refractivity contribution in [1.29, 1.82) is 0 Å². The molecule has 0 saturated heterocycles. The number of nitrogen functional groups attached to an aromatic ring is 1. The van der Waals surface area contributed by atoms with Crippen molar-refractivity contribution >= 4 is 12.1 Å². The molecule has 0 aliphatic rings. The van der Waals surface area contributed by atoms with Crippen molar-refractivity contribution in [1.82, 2.24) is 4.98 Å². The Kier molecular flexibility index (Phi) is 3.08. The second-order valence-corrected chi connectivity index (χ2v) is 2.62. The number of nitrogens with two attached hydrogens (primary N) is 2. The number of carbonyl (C=O) groups is 1. The number of alkyl halides is 2. The molecule has 0 atom stereocenters. The summed E-state index contributed by atoms with van der Waals surface area (Å²) in [5.74, 6) is -0.118. The average Bonchev–Trinajstić information content (AvgIpc) is 2.16. The molecule has 4 nitrogen and oxygen atoms in total. The summed E-state index contributed by atoms with van der Waals surface area (Å²) >= 11 is 0. The first kappa shape index (κ1) is 10.5. The quantitative estimate of drug-likeness (QED) is 0.711. The van der Waals surface area contributed by atoms with E-state index in [1.165, 1.54) is 0 Å². The molecule has 6 heteroatoms. The van der Waals surface area contributed by atoms with Crippen molar-refractivity contribution in [3.05, 3.63) is 22.9 Å². The molecule has 0 amide bonds. The molecule has 0 bridgehead atoms. The number of hydrogen-bond acceptors (Lipinski definition) is 4. The van der Waals surface area contributed by atoms with E-state index in [1.54, 1.807) is 0 Å². The number of nitrogens with zero attached hydrogens (tertiary/aromatic N) is 1. The summed E-state index contributed by atoms with van der Waals surface area (Å²) in [7, 11) is 0. The average molecular weight is 201 g/mol. The lowest BCUT2D eigenvalue weighted by Crippen LogP contribution is -2.09. The van der Waals surface area contributed by atoms with Gasteiger partial charge in [0, 0.05) is 17.7 Å². The lowest BCUT2D eigenvalue weighted by Gasteiger charge is -2.07. The van der Waals surface area contributed by atoms with E-state index in [9.17, 15) is 13.6 Å². The Labute approximate surface area is 78.9 Å². The van der Waals surface area contributed by atoms with Crippen molar-refractivity contribution in [2.24, 2.45) is 5.73 Å². The van der Waals surface area contributed by atoms with Crippen molar-refractivity contribution in [3.63, 3.8) is 0 Å². The molecule has 1 rings (SSSR count). The van der Waals surface area contributed by atoms with Crippen LogP contribution in [0.3, 0.4) is 0 Å². The molecule has 0 aliphatic carbocycles. The van der Waals surface area contributed by atoms with Crippen LogP contribution in [0.5, 0.6) is 0 Å². The number of aldehydes is 1. The van der Waals surface area contributed by atoms with Gasteiger partial charge in [0.2, 0.25) is 0 Å². The summed E-state index contributed by atoms with van der Waals surface area (Å²) in [6.45, 7) is -0.00355. The smallest absolute Gasteiger partial charge is 0.280 e. The van der Waals surface area contributed by atoms with E-state index >= 15 is 0 Å². The van der Waals surface area contributed by atoms with Crippen molar-refractivity contribution < 1.29 is 13.6 Å². The number of rotatable bonds is 3. The summed E-state index contributed by atoms with van der Waals surface area (Å²) in [6.07, 6.45) is -2.31. The van der Waals surface area contributed by atoms with Gasteiger partial charge < -0.3 is 11.5 Å².